The Morgan fingerprint density at radius 3 is 2.89 bits per heavy atom. The van der Waals surface area contributed by atoms with E-state index in [9.17, 15) is 4.79 Å². The van der Waals surface area contributed by atoms with Crippen LogP contribution in [0.2, 0.25) is 0 Å². The minimum absolute atomic E-state index is 0.204. The molecule has 0 aliphatic rings. The molecule has 0 saturated heterocycles. The number of rotatable bonds is 5. The van der Waals surface area contributed by atoms with Gasteiger partial charge in [0.2, 0.25) is 0 Å². The highest BCUT2D eigenvalue weighted by molar-refractivity contribution is 7.11. The Bertz CT molecular complexity index is 562. The van der Waals surface area contributed by atoms with Crippen LogP contribution in [0.1, 0.15) is 45.9 Å². The molecule has 1 amide bonds. The lowest BCUT2D eigenvalue weighted by atomic mass is 10.2. The predicted octanol–water partition coefficient (Wildman–Crippen LogP) is 1.64. The molecule has 2 rings (SSSR count). The number of hydrogen-bond acceptors (Lipinski definition) is 6. The SMILES string of the molecule is CC(C)c1nnc(CNC(=O)c2coc(CN)c2)s1. The highest BCUT2D eigenvalue weighted by atomic mass is 32.1. The van der Waals surface area contributed by atoms with Crippen LogP contribution >= 0.6 is 11.3 Å². The van der Waals surface area contributed by atoms with Gasteiger partial charge < -0.3 is 15.5 Å². The van der Waals surface area contributed by atoms with Gasteiger partial charge in [-0.15, -0.1) is 10.2 Å². The Hall–Kier alpha value is -1.73. The van der Waals surface area contributed by atoms with E-state index in [2.05, 4.69) is 29.4 Å². The maximum absolute atomic E-state index is 11.8. The van der Waals surface area contributed by atoms with Crippen molar-refractivity contribution in [2.24, 2.45) is 5.73 Å². The first-order valence-corrected chi connectivity index (χ1v) is 6.79. The van der Waals surface area contributed by atoms with E-state index >= 15 is 0 Å². The van der Waals surface area contributed by atoms with Crippen LogP contribution in [0.4, 0.5) is 0 Å². The lowest BCUT2D eigenvalue weighted by Gasteiger charge is -1.99. The summed E-state index contributed by atoms with van der Waals surface area (Å²) < 4.78 is 5.11. The number of aromatic nitrogens is 2. The fraction of sp³-hybridized carbons (Fsp3) is 0.417. The van der Waals surface area contributed by atoms with Gasteiger partial charge in [-0.1, -0.05) is 25.2 Å². The molecule has 2 aromatic rings. The monoisotopic (exact) mass is 280 g/mol. The lowest BCUT2D eigenvalue weighted by molar-refractivity contribution is 0.0950. The standard InChI is InChI=1S/C12H16N4O2S/c1-7(2)12-16-15-10(19-12)5-14-11(17)8-3-9(4-13)18-6-8/h3,6-7H,4-5,13H2,1-2H3,(H,14,17). The van der Waals surface area contributed by atoms with Gasteiger partial charge in [-0.2, -0.15) is 0 Å². The van der Waals surface area contributed by atoms with Gasteiger partial charge in [0.05, 0.1) is 18.7 Å². The molecule has 0 aliphatic carbocycles. The first-order valence-electron chi connectivity index (χ1n) is 5.98. The fourth-order valence-electron chi connectivity index (χ4n) is 1.44. The van der Waals surface area contributed by atoms with Gasteiger partial charge in [0, 0.05) is 5.92 Å². The zero-order valence-electron chi connectivity index (χ0n) is 10.8. The molecule has 19 heavy (non-hydrogen) atoms. The molecule has 3 N–H and O–H groups in total. The summed E-state index contributed by atoms with van der Waals surface area (Å²) in [6.07, 6.45) is 1.40. The number of nitrogens with zero attached hydrogens (tertiary/aromatic N) is 2. The Morgan fingerprint density at radius 1 is 1.53 bits per heavy atom. The van der Waals surface area contributed by atoms with Crippen molar-refractivity contribution in [1.82, 2.24) is 15.5 Å². The summed E-state index contributed by atoms with van der Waals surface area (Å²) >= 11 is 1.51. The summed E-state index contributed by atoms with van der Waals surface area (Å²) in [5, 5.41) is 12.6. The smallest absolute Gasteiger partial charge is 0.254 e. The van der Waals surface area contributed by atoms with E-state index in [4.69, 9.17) is 10.2 Å². The fourth-order valence-corrected chi connectivity index (χ4v) is 2.22. The summed E-state index contributed by atoms with van der Waals surface area (Å²) in [5.74, 6) is 0.732. The minimum Gasteiger partial charge on any atom is -0.467 e. The maximum atomic E-state index is 11.8. The molecule has 102 valence electrons. The van der Waals surface area contributed by atoms with Crippen molar-refractivity contribution in [1.29, 1.82) is 0 Å². The largest absolute Gasteiger partial charge is 0.467 e. The van der Waals surface area contributed by atoms with Crippen LogP contribution in [-0.4, -0.2) is 16.1 Å². The third-order valence-corrected chi connectivity index (χ3v) is 3.72. The van der Waals surface area contributed by atoms with Crippen molar-refractivity contribution in [3.63, 3.8) is 0 Å². The molecule has 7 heteroatoms. The maximum Gasteiger partial charge on any atom is 0.254 e. The topological polar surface area (TPSA) is 94.0 Å². The Morgan fingerprint density at radius 2 is 2.32 bits per heavy atom. The van der Waals surface area contributed by atoms with Crippen LogP contribution in [-0.2, 0) is 13.1 Å². The number of carbonyl (C=O) groups excluding carboxylic acids is 1. The number of furan rings is 1. The van der Waals surface area contributed by atoms with Crippen molar-refractivity contribution >= 4 is 17.2 Å². The van der Waals surface area contributed by atoms with Gasteiger partial charge in [0.25, 0.3) is 5.91 Å². The Kier molecular flexibility index (Phi) is 4.28. The number of nitrogens with two attached hydrogens (primary N) is 1. The average Bonchev–Trinajstić information content (AvgIpc) is 3.04. The quantitative estimate of drug-likeness (QED) is 0.868. The number of hydrogen-bond donors (Lipinski definition) is 2. The van der Waals surface area contributed by atoms with Gasteiger partial charge >= 0.3 is 0 Å². The van der Waals surface area contributed by atoms with Crippen LogP contribution in [0.25, 0.3) is 0 Å². The first kappa shape index (κ1) is 13.7. The molecule has 2 aromatic heterocycles. The van der Waals surface area contributed by atoms with E-state index in [1.807, 2.05) is 0 Å². The summed E-state index contributed by atoms with van der Waals surface area (Å²) in [7, 11) is 0. The van der Waals surface area contributed by atoms with Gasteiger partial charge in [0.1, 0.15) is 22.0 Å². The second kappa shape index (κ2) is 5.94. The lowest BCUT2D eigenvalue weighted by Crippen LogP contribution is -2.22. The summed E-state index contributed by atoms with van der Waals surface area (Å²) in [6.45, 7) is 4.76. The molecular weight excluding hydrogens is 264 g/mol. The van der Waals surface area contributed by atoms with Gasteiger partial charge in [-0.3, -0.25) is 4.79 Å². The van der Waals surface area contributed by atoms with Crippen molar-refractivity contribution in [2.75, 3.05) is 0 Å². The molecule has 0 radical (unpaired) electrons. The molecule has 0 saturated carbocycles. The van der Waals surface area contributed by atoms with E-state index in [0.717, 1.165) is 10.0 Å². The second-order valence-corrected chi connectivity index (χ2v) is 5.47. The van der Waals surface area contributed by atoms with Crippen molar-refractivity contribution in [3.05, 3.63) is 33.7 Å². The van der Waals surface area contributed by atoms with E-state index in [1.165, 1.54) is 17.6 Å². The third-order valence-electron chi connectivity index (χ3n) is 2.49. The second-order valence-electron chi connectivity index (χ2n) is 4.38. The van der Waals surface area contributed by atoms with Gasteiger partial charge in [0.15, 0.2) is 0 Å². The molecule has 0 fully saturated rings. The molecule has 0 aromatic carbocycles. The summed E-state index contributed by atoms with van der Waals surface area (Å²) in [4.78, 5) is 11.8. The number of nitrogens with one attached hydrogen (secondary N) is 1. The summed E-state index contributed by atoms with van der Waals surface area (Å²) in [5.41, 5.74) is 5.88. The van der Waals surface area contributed by atoms with Crippen molar-refractivity contribution in [3.8, 4) is 0 Å². The summed E-state index contributed by atoms with van der Waals surface area (Å²) in [6, 6.07) is 1.63. The Balaban J connectivity index is 1.92. The molecule has 2 heterocycles. The van der Waals surface area contributed by atoms with Crippen LogP contribution in [0.5, 0.6) is 0 Å². The van der Waals surface area contributed by atoms with E-state index in [-0.39, 0.29) is 12.5 Å². The van der Waals surface area contributed by atoms with Crippen molar-refractivity contribution in [2.45, 2.75) is 32.9 Å². The normalized spacial score (nSPS) is 10.9. The van der Waals surface area contributed by atoms with Crippen LogP contribution in [0.15, 0.2) is 16.7 Å². The Labute approximate surface area is 115 Å². The van der Waals surface area contributed by atoms with Crippen molar-refractivity contribution < 1.29 is 9.21 Å². The molecule has 0 unspecified atom stereocenters. The average molecular weight is 280 g/mol. The minimum atomic E-state index is -0.204. The van der Waals surface area contributed by atoms with E-state index in [0.29, 0.717) is 23.8 Å². The molecule has 6 nitrogen and oxygen atoms in total. The van der Waals surface area contributed by atoms with Gasteiger partial charge in [-0.05, 0) is 6.07 Å². The zero-order valence-corrected chi connectivity index (χ0v) is 11.7. The van der Waals surface area contributed by atoms with E-state index in [1.54, 1.807) is 6.07 Å². The van der Waals surface area contributed by atoms with Crippen LogP contribution in [0, 0.1) is 0 Å². The van der Waals surface area contributed by atoms with Gasteiger partial charge in [-0.25, -0.2) is 0 Å². The third kappa shape index (κ3) is 3.39. The predicted molar refractivity (Wildman–Crippen MR) is 71.8 cm³/mol. The highest BCUT2D eigenvalue weighted by Gasteiger charge is 2.12. The van der Waals surface area contributed by atoms with E-state index < -0.39 is 0 Å². The van der Waals surface area contributed by atoms with Crippen LogP contribution < -0.4 is 11.1 Å². The molecule has 0 atom stereocenters. The highest BCUT2D eigenvalue weighted by Crippen LogP contribution is 2.18. The zero-order chi connectivity index (χ0) is 13.8. The molecular formula is C12H16N4O2S. The van der Waals surface area contributed by atoms with Crippen LogP contribution in [0.3, 0.4) is 0 Å². The number of carbonyl (C=O) groups is 1. The molecule has 0 bridgehead atoms. The molecule has 0 spiro atoms. The molecule has 0 aliphatic heterocycles. The first-order chi connectivity index (χ1) is 9.10. The number of amides is 1.